The van der Waals surface area contributed by atoms with E-state index in [1.165, 1.54) is 32.4 Å². The molecule has 1 aromatic carbocycles. The van der Waals surface area contributed by atoms with Gasteiger partial charge in [0.25, 0.3) is 5.91 Å². The molecule has 1 aliphatic carbocycles. The average molecular weight is 389 g/mol. The number of benzene rings is 1. The Kier molecular flexibility index (Phi) is 7.74. The first-order valence-electron chi connectivity index (χ1n) is 11.0. The maximum absolute atomic E-state index is 13.0. The molecule has 0 spiro atoms. The molecule has 2 atom stereocenters. The van der Waals surface area contributed by atoms with Crippen molar-refractivity contribution in [2.75, 3.05) is 38.2 Å². The van der Waals surface area contributed by atoms with Gasteiger partial charge in [-0.25, -0.2) is 0 Å². The maximum atomic E-state index is 13.0. The molecule has 1 heterocycles. The number of carbonyl (C=O) groups excluding carboxylic acids is 1. The van der Waals surface area contributed by atoms with Crippen LogP contribution in [0.3, 0.4) is 0 Å². The van der Waals surface area contributed by atoms with Gasteiger partial charge < -0.3 is 19.7 Å². The molecule has 5 nitrogen and oxygen atoms in total. The maximum Gasteiger partial charge on any atom is 0.256 e. The fourth-order valence-corrected chi connectivity index (χ4v) is 4.55. The molecule has 0 aromatic heterocycles. The van der Waals surface area contributed by atoms with Crippen molar-refractivity contribution >= 4 is 11.6 Å². The van der Waals surface area contributed by atoms with Crippen molar-refractivity contribution in [3.05, 3.63) is 24.3 Å². The molecule has 1 N–H and O–H groups in total. The topological polar surface area (TPSA) is 50.8 Å². The van der Waals surface area contributed by atoms with Crippen molar-refractivity contribution in [2.24, 2.45) is 5.92 Å². The van der Waals surface area contributed by atoms with E-state index in [0.29, 0.717) is 12.5 Å². The lowest BCUT2D eigenvalue weighted by atomic mass is 9.78. The number of nitrogens with zero attached hydrogens (tertiary/aromatic N) is 1. The van der Waals surface area contributed by atoms with Crippen LogP contribution in [0.1, 0.15) is 58.8 Å². The Morgan fingerprint density at radius 3 is 2.64 bits per heavy atom. The molecule has 0 unspecified atom stereocenters. The highest BCUT2D eigenvalue weighted by Crippen LogP contribution is 2.36. The van der Waals surface area contributed by atoms with Crippen LogP contribution in [0.4, 0.5) is 5.69 Å². The fourth-order valence-electron chi connectivity index (χ4n) is 4.55. The Morgan fingerprint density at radius 2 is 1.96 bits per heavy atom. The summed E-state index contributed by atoms with van der Waals surface area (Å²) in [6, 6.07) is 7.70. The van der Waals surface area contributed by atoms with Gasteiger partial charge in [-0.3, -0.25) is 4.79 Å². The molecular formula is C23H36N2O3. The van der Waals surface area contributed by atoms with Crippen molar-refractivity contribution in [1.82, 2.24) is 4.90 Å². The molecule has 1 saturated heterocycles. The first-order chi connectivity index (χ1) is 13.6. The molecule has 0 bridgehead atoms. The molecule has 1 amide bonds. The Balaban J connectivity index is 1.47. The van der Waals surface area contributed by atoms with E-state index in [1.807, 2.05) is 31.2 Å². The third kappa shape index (κ3) is 5.71. The van der Waals surface area contributed by atoms with E-state index < -0.39 is 5.60 Å². The Morgan fingerprint density at radius 1 is 1.21 bits per heavy atom. The van der Waals surface area contributed by atoms with Crippen LogP contribution >= 0.6 is 0 Å². The number of likely N-dealkylation sites (tertiary alicyclic amines) is 1. The summed E-state index contributed by atoms with van der Waals surface area (Å²) in [7, 11) is 0. The molecule has 28 heavy (non-hydrogen) atoms. The van der Waals surface area contributed by atoms with Crippen LogP contribution in [0.2, 0.25) is 0 Å². The highest BCUT2D eigenvalue weighted by Gasteiger charge is 2.42. The van der Waals surface area contributed by atoms with Gasteiger partial charge in [0.15, 0.2) is 0 Å². The van der Waals surface area contributed by atoms with Gasteiger partial charge in [-0.15, -0.1) is 0 Å². The third-order valence-corrected chi connectivity index (χ3v) is 5.99. The monoisotopic (exact) mass is 388 g/mol. The van der Waals surface area contributed by atoms with Gasteiger partial charge in [-0.05, 0) is 88.7 Å². The summed E-state index contributed by atoms with van der Waals surface area (Å²) in [5.74, 6) is 1.35. The SMILES string of the molecule is CCO[C@@]1(C(=O)Nc2ccc(OCCCN3CCCC3)cc2)CCC[C@@H](C)C1. The van der Waals surface area contributed by atoms with Crippen LogP contribution in [0.15, 0.2) is 24.3 Å². The number of amides is 1. The van der Waals surface area contributed by atoms with E-state index in [-0.39, 0.29) is 5.91 Å². The summed E-state index contributed by atoms with van der Waals surface area (Å²) in [6.45, 7) is 9.04. The van der Waals surface area contributed by atoms with Gasteiger partial charge in [-0.2, -0.15) is 0 Å². The molecule has 0 radical (unpaired) electrons. The van der Waals surface area contributed by atoms with Crippen LogP contribution in [-0.2, 0) is 9.53 Å². The molecule has 2 aliphatic rings. The zero-order valence-electron chi connectivity index (χ0n) is 17.5. The predicted octanol–water partition coefficient (Wildman–Crippen LogP) is 4.48. The molecule has 156 valence electrons. The molecule has 2 fully saturated rings. The standard InChI is InChI=1S/C23H36N2O3/c1-3-28-23(13-6-8-19(2)18-23)22(26)24-20-9-11-21(12-10-20)27-17-7-16-25-14-4-5-15-25/h9-12,19H,3-8,13-18H2,1-2H3,(H,24,26)/t19-,23+/m1/s1. The second kappa shape index (κ2) is 10.3. The Hall–Kier alpha value is -1.59. The summed E-state index contributed by atoms with van der Waals surface area (Å²) < 4.78 is 11.8. The number of rotatable bonds is 9. The lowest BCUT2D eigenvalue weighted by Gasteiger charge is -2.38. The average Bonchev–Trinajstić information content (AvgIpc) is 3.20. The number of hydrogen-bond acceptors (Lipinski definition) is 4. The summed E-state index contributed by atoms with van der Waals surface area (Å²) in [5.41, 5.74) is 0.115. The highest BCUT2D eigenvalue weighted by atomic mass is 16.5. The molecule has 1 saturated carbocycles. The molecular weight excluding hydrogens is 352 g/mol. The minimum atomic E-state index is -0.683. The second-order valence-corrected chi connectivity index (χ2v) is 8.36. The van der Waals surface area contributed by atoms with Gasteiger partial charge in [0.05, 0.1) is 6.61 Å². The molecule has 3 rings (SSSR count). The lowest BCUT2D eigenvalue weighted by molar-refractivity contribution is -0.147. The van der Waals surface area contributed by atoms with E-state index in [9.17, 15) is 4.79 Å². The normalized spacial score (nSPS) is 25.6. The van der Waals surface area contributed by atoms with E-state index in [4.69, 9.17) is 9.47 Å². The van der Waals surface area contributed by atoms with Crippen LogP contribution in [0, 0.1) is 5.92 Å². The minimum absolute atomic E-state index is 0.0137. The van der Waals surface area contributed by atoms with Crippen molar-refractivity contribution in [3.63, 3.8) is 0 Å². The van der Waals surface area contributed by atoms with E-state index >= 15 is 0 Å². The van der Waals surface area contributed by atoms with Gasteiger partial charge in [0, 0.05) is 18.8 Å². The number of hydrogen-bond donors (Lipinski definition) is 1. The number of ether oxygens (including phenoxy) is 2. The van der Waals surface area contributed by atoms with Gasteiger partial charge >= 0.3 is 0 Å². The van der Waals surface area contributed by atoms with Crippen molar-refractivity contribution in [2.45, 2.75) is 64.4 Å². The fraction of sp³-hybridized carbons (Fsp3) is 0.696. The predicted molar refractivity (Wildman–Crippen MR) is 113 cm³/mol. The van der Waals surface area contributed by atoms with Crippen LogP contribution in [0.5, 0.6) is 5.75 Å². The van der Waals surface area contributed by atoms with Crippen molar-refractivity contribution in [3.8, 4) is 5.75 Å². The summed E-state index contributed by atoms with van der Waals surface area (Å²) >= 11 is 0. The number of anilines is 1. The number of carbonyl (C=O) groups is 1. The van der Waals surface area contributed by atoms with Crippen molar-refractivity contribution in [1.29, 1.82) is 0 Å². The molecule has 1 aliphatic heterocycles. The molecule has 1 aromatic rings. The number of nitrogens with one attached hydrogen (secondary N) is 1. The Bertz CT molecular complexity index is 609. The largest absolute Gasteiger partial charge is 0.494 e. The second-order valence-electron chi connectivity index (χ2n) is 8.36. The van der Waals surface area contributed by atoms with Gasteiger partial charge in [0.2, 0.25) is 0 Å². The summed E-state index contributed by atoms with van der Waals surface area (Å²) in [4.78, 5) is 15.5. The zero-order valence-corrected chi connectivity index (χ0v) is 17.5. The Labute approximate surface area is 169 Å². The van der Waals surface area contributed by atoms with Crippen molar-refractivity contribution < 1.29 is 14.3 Å². The first kappa shape index (κ1) is 21.1. The smallest absolute Gasteiger partial charge is 0.256 e. The van der Waals surface area contributed by atoms with Crippen LogP contribution in [0.25, 0.3) is 0 Å². The first-order valence-corrected chi connectivity index (χ1v) is 11.0. The summed E-state index contributed by atoms with van der Waals surface area (Å²) in [6.07, 6.45) is 7.52. The quantitative estimate of drug-likeness (QED) is 0.634. The zero-order chi connectivity index (χ0) is 19.8. The van der Waals surface area contributed by atoms with E-state index in [0.717, 1.165) is 50.3 Å². The van der Waals surface area contributed by atoms with E-state index in [2.05, 4.69) is 17.1 Å². The van der Waals surface area contributed by atoms with E-state index in [1.54, 1.807) is 0 Å². The lowest BCUT2D eigenvalue weighted by Crippen LogP contribution is -2.48. The minimum Gasteiger partial charge on any atom is -0.494 e. The van der Waals surface area contributed by atoms with Gasteiger partial charge in [-0.1, -0.05) is 13.3 Å². The summed E-state index contributed by atoms with van der Waals surface area (Å²) in [5, 5.41) is 3.06. The third-order valence-electron chi connectivity index (χ3n) is 5.99. The highest BCUT2D eigenvalue weighted by molar-refractivity contribution is 5.97. The van der Waals surface area contributed by atoms with Gasteiger partial charge in [0.1, 0.15) is 11.4 Å². The van der Waals surface area contributed by atoms with Crippen LogP contribution in [-0.4, -0.2) is 49.3 Å². The van der Waals surface area contributed by atoms with Crippen LogP contribution < -0.4 is 10.1 Å². The molecule has 5 heteroatoms.